The summed E-state index contributed by atoms with van der Waals surface area (Å²) in [6, 6.07) is 6.81. The Morgan fingerprint density at radius 3 is 2.41 bits per heavy atom. The molecule has 116 valence electrons. The van der Waals surface area contributed by atoms with Gasteiger partial charge in [0, 0.05) is 6.26 Å². The minimum atomic E-state index is -3.16. The highest BCUT2D eigenvalue weighted by molar-refractivity contribution is 7.90. The molecule has 6 heteroatoms. The van der Waals surface area contributed by atoms with Crippen molar-refractivity contribution in [1.82, 2.24) is 0 Å². The predicted octanol–water partition coefficient (Wildman–Crippen LogP) is 2.21. The summed E-state index contributed by atoms with van der Waals surface area (Å²) >= 11 is 0. The first-order valence-corrected chi connectivity index (χ1v) is 8.74. The first-order valence-electron chi connectivity index (χ1n) is 6.84. The van der Waals surface area contributed by atoms with E-state index in [0.717, 1.165) is 16.8 Å². The van der Waals surface area contributed by atoms with E-state index in [-0.39, 0.29) is 6.04 Å². The fraction of sp³-hybridized carbons (Fsp3) is 0.250. The van der Waals surface area contributed by atoms with E-state index in [2.05, 4.69) is 9.98 Å². The Kier molecular flexibility index (Phi) is 4.61. The molecule has 1 atom stereocenters. The van der Waals surface area contributed by atoms with E-state index in [9.17, 15) is 8.42 Å². The smallest absolute Gasteiger partial charge is 0.216 e. The molecule has 1 unspecified atom stereocenters. The third kappa shape index (κ3) is 3.92. The molecule has 0 fully saturated rings. The highest BCUT2D eigenvalue weighted by Gasteiger charge is 2.13. The fourth-order valence-electron chi connectivity index (χ4n) is 2.05. The maximum Gasteiger partial charge on any atom is 0.216 e. The Labute approximate surface area is 130 Å². The summed E-state index contributed by atoms with van der Waals surface area (Å²) in [7, 11) is -3.16. The van der Waals surface area contributed by atoms with Crippen molar-refractivity contribution in [3.8, 4) is 0 Å². The molecule has 2 N–H and O–H groups in total. The van der Waals surface area contributed by atoms with Crippen LogP contribution in [0.5, 0.6) is 0 Å². The second-order valence-corrected chi connectivity index (χ2v) is 7.22. The minimum Gasteiger partial charge on any atom is -0.368 e. The molecule has 1 aromatic rings. The molecule has 0 aromatic heterocycles. The monoisotopic (exact) mass is 317 g/mol. The van der Waals surface area contributed by atoms with Crippen LogP contribution < -0.4 is 5.73 Å². The van der Waals surface area contributed by atoms with Gasteiger partial charge in [-0.2, -0.15) is 0 Å². The summed E-state index contributed by atoms with van der Waals surface area (Å²) in [6.45, 7) is 3.90. The molecule has 0 bridgehead atoms. The van der Waals surface area contributed by atoms with E-state index in [4.69, 9.17) is 5.73 Å². The van der Waals surface area contributed by atoms with E-state index in [1.807, 2.05) is 32.1 Å². The van der Waals surface area contributed by atoms with Crippen molar-refractivity contribution < 1.29 is 8.42 Å². The molecule has 0 spiro atoms. The number of sulfone groups is 1. The average molecular weight is 317 g/mol. The molecule has 1 aromatic carbocycles. The average Bonchev–Trinajstić information content (AvgIpc) is 2.76. The number of allylic oxidation sites excluding steroid dienone is 3. The van der Waals surface area contributed by atoms with E-state index in [1.54, 1.807) is 24.3 Å². The standard InChI is InChI=1S/C16H19N3O2S/c1-11(5-4-6-15-12(2)18-16(17)19-15)13-7-9-14(10-8-13)22(3,20)21/h4-10,12H,1-3H3,(H2,17,18)/b6-4-,11-5+. The second kappa shape index (κ2) is 6.27. The van der Waals surface area contributed by atoms with Gasteiger partial charge in [0.05, 0.1) is 16.6 Å². The quantitative estimate of drug-likeness (QED) is 0.864. The number of nitrogens with zero attached hydrogens (tertiary/aromatic N) is 2. The molecular weight excluding hydrogens is 298 g/mol. The normalized spacial score (nSPS) is 19.4. The zero-order chi connectivity index (χ0) is 16.3. The highest BCUT2D eigenvalue weighted by Crippen LogP contribution is 2.17. The van der Waals surface area contributed by atoms with Gasteiger partial charge in [-0.05, 0) is 43.2 Å². The van der Waals surface area contributed by atoms with Crippen LogP contribution in [0, 0.1) is 0 Å². The van der Waals surface area contributed by atoms with Crippen LogP contribution in [0.25, 0.3) is 5.57 Å². The SMILES string of the molecule is C/C(=C\C=C/C1=NC(N)=NC1C)c1ccc(S(C)(=O)=O)cc1. The van der Waals surface area contributed by atoms with Crippen molar-refractivity contribution in [3.63, 3.8) is 0 Å². The number of aliphatic imine (C=N–C) groups is 2. The van der Waals surface area contributed by atoms with Crippen LogP contribution in [-0.4, -0.2) is 32.4 Å². The Morgan fingerprint density at radius 1 is 1.27 bits per heavy atom. The van der Waals surface area contributed by atoms with Gasteiger partial charge in [0.2, 0.25) is 5.96 Å². The van der Waals surface area contributed by atoms with Crippen molar-refractivity contribution in [2.75, 3.05) is 6.26 Å². The van der Waals surface area contributed by atoms with Crippen LogP contribution in [0.3, 0.4) is 0 Å². The summed E-state index contributed by atoms with van der Waals surface area (Å²) < 4.78 is 22.9. The van der Waals surface area contributed by atoms with Crippen molar-refractivity contribution >= 4 is 27.1 Å². The largest absolute Gasteiger partial charge is 0.368 e. The fourth-order valence-corrected chi connectivity index (χ4v) is 2.68. The maximum absolute atomic E-state index is 11.4. The molecule has 1 aliphatic heterocycles. The van der Waals surface area contributed by atoms with Crippen LogP contribution in [0.1, 0.15) is 19.4 Å². The van der Waals surface area contributed by atoms with Crippen LogP contribution >= 0.6 is 0 Å². The molecule has 22 heavy (non-hydrogen) atoms. The summed E-state index contributed by atoms with van der Waals surface area (Å²) in [5, 5.41) is 0. The van der Waals surface area contributed by atoms with Gasteiger partial charge in [-0.15, -0.1) is 0 Å². The van der Waals surface area contributed by atoms with E-state index < -0.39 is 9.84 Å². The first kappa shape index (κ1) is 16.2. The lowest BCUT2D eigenvalue weighted by Gasteiger charge is -2.03. The molecule has 0 aliphatic carbocycles. The van der Waals surface area contributed by atoms with Crippen molar-refractivity contribution in [2.24, 2.45) is 15.7 Å². The number of guanidine groups is 1. The third-order valence-electron chi connectivity index (χ3n) is 3.35. The van der Waals surface area contributed by atoms with Gasteiger partial charge >= 0.3 is 0 Å². The molecule has 0 amide bonds. The molecule has 0 radical (unpaired) electrons. The zero-order valence-electron chi connectivity index (χ0n) is 12.8. The number of rotatable bonds is 4. The number of nitrogens with two attached hydrogens (primary N) is 1. The summed E-state index contributed by atoms with van der Waals surface area (Å²) in [5.41, 5.74) is 8.37. The molecule has 1 aliphatic rings. The van der Waals surface area contributed by atoms with E-state index in [1.165, 1.54) is 6.26 Å². The summed E-state index contributed by atoms with van der Waals surface area (Å²) in [4.78, 5) is 8.58. The minimum absolute atomic E-state index is 0.0148. The topological polar surface area (TPSA) is 84.9 Å². The van der Waals surface area contributed by atoms with Gasteiger partial charge in [-0.1, -0.05) is 24.3 Å². The molecule has 5 nitrogen and oxygen atoms in total. The Bertz CT molecular complexity index is 785. The molecule has 1 heterocycles. The Morgan fingerprint density at radius 2 is 1.91 bits per heavy atom. The lowest BCUT2D eigenvalue weighted by molar-refractivity contribution is 0.602. The zero-order valence-corrected chi connectivity index (χ0v) is 13.6. The highest BCUT2D eigenvalue weighted by atomic mass is 32.2. The van der Waals surface area contributed by atoms with Crippen LogP contribution in [0.15, 0.2) is 57.4 Å². The van der Waals surface area contributed by atoms with Gasteiger partial charge < -0.3 is 5.73 Å². The van der Waals surface area contributed by atoms with Crippen molar-refractivity contribution in [2.45, 2.75) is 24.8 Å². The van der Waals surface area contributed by atoms with Gasteiger partial charge in [0.1, 0.15) is 0 Å². The first-order chi connectivity index (χ1) is 10.3. The van der Waals surface area contributed by atoms with Crippen LogP contribution in [0.2, 0.25) is 0 Å². The van der Waals surface area contributed by atoms with Gasteiger partial charge in [0.25, 0.3) is 0 Å². The van der Waals surface area contributed by atoms with E-state index >= 15 is 0 Å². The number of benzene rings is 1. The van der Waals surface area contributed by atoms with Crippen LogP contribution in [0.4, 0.5) is 0 Å². The summed E-state index contributed by atoms with van der Waals surface area (Å²) in [6.07, 6.45) is 6.91. The van der Waals surface area contributed by atoms with Gasteiger partial charge in [0.15, 0.2) is 9.84 Å². The number of hydrogen-bond donors (Lipinski definition) is 1. The van der Waals surface area contributed by atoms with Gasteiger partial charge in [-0.25, -0.2) is 18.4 Å². The molecule has 0 saturated heterocycles. The predicted molar refractivity (Wildman–Crippen MR) is 90.9 cm³/mol. The molecule has 2 rings (SSSR count). The van der Waals surface area contributed by atoms with Crippen LogP contribution in [-0.2, 0) is 9.84 Å². The third-order valence-corrected chi connectivity index (χ3v) is 4.48. The lowest BCUT2D eigenvalue weighted by Crippen LogP contribution is -2.06. The molecular formula is C16H19N3O2S. The Hall–Kier alpha value is -2.21. The van der Waals surface area contributed by atoms with E-state index in [0.29, 0.717) is 10.9 Å². The van der Waals surface area contributed by atoms with Crippen molar-refractivity contribution in [1.29, 1.82) is 0 Å². The molecule has 0 saturated carbocycles. The number of hydrogen-bond acceptors (Lipinski definition) is 5. The maximum atomic E-state index is 11.4. The van der Waals surface area contributed by atoms with Crippen molar-refractivity contribution in [3.05, 3.63) is 48.1 Å². The lowest BCUT2D eigenvalue weighted by atomic mass is 10.1. The van der Waals surface area contributed by atoms with Gasteiger partial charge in [-0.3, -0.25) is 0 Å². The second-order valence-electron chi connectivity index (χ2n) is 5.21. The summed E-state index contributed by atoms with van der Waals surface area (Å²) in [5.74, 6) is 0.309. The Balaban J connectivity index is 2.12.